The maximum absolute atomic E-state index is 6.87. The summed E-state index contributed by atoms with van der Waals surface area (Å²) < 4.78 is 13.2. The van der Waals surface area contributed by atoms with Crippen LogP contribution in [0.1, 0.15) is 57.5 Å². The van der Waals surface area contributed by atoms with Gasteiger partial charge in [0.05, 0.1) is 26.3 Å². The zero-order valence-corrected chi connectivity index (χ0v) is 21.3. The summed E-state index contributed by atoms with van der Waals surface area (Å²) in [6.45, 7) is 13.5. The van der Waals surface area contributed by atoms with E-state index in [0.717, 1.165) is 38.3 Å². The number of hydrogen-bond acceptors (Lipinski definition) is 2. The van der Waals surface area contributed by atoms with E-state index in [1.807, 2.05) is 6.92 Å². The number of benzene rings is 2. The van der Waals surface area contributed by atoms with Crippen molar-refractivity contribution in [1.82, 2.24) is 0 Å². The van der Waals surface area contributed by atoms with Crippen molar-refractivity contribution in [2.75, 3.05) is 33.9 Å². The van der Waals surface area contributed by atoms with Crippen LogP contribution < -0.4 is 17.1 Å². The number of halogens is 1. The number of rotatable bonds is 12. The first-order valence-electron chi connectivity index (χ1n) is 11.5. The molecule has 0 amide bonds. The van der Waals surface area contributed by atoms with Crippen LogP contribution in [0.5, 0.6) is 5.75 Å². The summed E-state index contributed by atoms with van der Waals surface area (Å²) in [6, 6.07) is 17.2. The van der Waals surface area contributed by atoms with Crippen molar-refractivity contribution in [3.63, 3.8) is 0 Å². The van der Waals surface area contributed by atoms with Crippen LogP contribution in [-0.4, -0.2) is 38.3 Å². The highest BCUT2D eigenvalue weighted by molar-refractivity contribution is 5.41. The minimum Gasteiger partial charge on any atom is -1.00 e. The maximum atomic E-state index is 6.87. The van der Waals surface area contributed by atoms with Crippen molar-refractivity contribution in [3.8, 4) is 5.75 Å². The summed E-state index contributed by atoms with van der Waals surface area (Å²) in [7, 11) is 4.47. The summed E-state index contributed by atoms with van der Waals surface area (Å²) in [5.74, 6) is 2.23. The average molecular weight is 448 g/mol. The Morgan fingerprint density at radius 2 is 1.48 bits per heavy atom. The van der Waals surface area contributed by atoms with Crippen LogP contribution in [0.2, 0.25) is 0 Å². The molecule has 0 aliphatic heterocycles. The molecule has 1 atom stereocenters. The van der Waals surface area contributed by atoms with Gasteiger partial charge in [0.1, 0.15) is 12.3 Å². The monoisotopic (exact) mass is 447 g/mol. The molecule has 2 rings (SSSR count). The van der Waals surface area contributed by atoms with Crippen LogP contribution >= 0.6 is 0 Å². The van der Waals surface area contributed by atoms with Gasteiger partial charge >= 0.3 is 0 Å². The molecule has 0 heterocycles. The van der Waals surface area contributed by atoms with Gasteiger partial charge in [-0.1, -0.05) is 58.0 Å². The molecule has 0 saturated carbocycles. The first-order chi connectivity index (χ1) is 14.2. The Bertz CT molecular complexity index is 759. The molecule has 0 radical (unpaired) electrons. The van der Waals surface area contributed by atoms with E-state index in [-0.39, 0.29) is 18.6 Å². The maximum Gasteiger partial charge on any atom is 0.259 e. The fourth-order valence-corrected chi connectivity index (χ4v) is 3.91. The Morgan fingerprint density at radius 3 is 2.06 bits per heavy atom. The van der Waals surface area contributed by atoms with Gasteiger partial charge in [-0.25, -0.2) is 0 Å². The lowest BCUT2D eigenvalue weighted by atomic mass is 9.92. The van der Waals surface area contributed by atoms with E-state index in [1.54, 1.807) is 0 Å². The molecular formula is C27H42ClNO2. The summed E-state index contributed by atoms with van der Waals surface area (Å²) in [5, 5.41) is 0. The van der Waals surface area contributed by atoms with Crippen molar-refractivity contribution in [2.24, 2.45) is 11.8 Å². The lowest BCUT2D eigenvalue weighted by molar-refractivity contribution is -0.940. The summed E-state index contributed by atoms with van der Waals surface area (Å²) >= 11 is 0. The largest absolute Gasteiger partial charge is 1.00 e. The van der Waals surface area contributed by atoms with Crippen LogP contribution in [-0.2, 0) is 17.6 Å². The third-order valence-corrected chi connectivity index (χ3v) is 5.44. The molecule has 2 aromatic carbocycles. The van der Waals surface area contributed by atoms with Crippen LogP contribution in [0.15, 0.2) is 48.5 Å². The summed E-state index contributed by atoms with van der Waals surface area (Å²) in [4.78, 5) is 0. The third-order valence-electron chi connectivity index (χ3n) is 5.44. The van der Waals surface area contributed by atoms with Crippen molar-refractivity contribution < 1.29 is 26.4 Å². The summed E-state index contributed by atoms with van der Waals surface area (Å²) in [5.41, 5.74) is 3.98. The quantitative estimate of drug-likeness (QED) is 0.282. The van der Waals surface area contributed by atoms with Gasteiger partial charge < -0.3 is 21.9 Å². The molecule has 174 valence electrons. The van der Waals surface area contributed by atoms with Crippen molar-refractivity contribution in [1.29, 1.82) is 0 Å². The molecule has 0 bridgehead atoms. The molecule has 0 spiro atoms. The van der Waals surface area contributed by atoms with Crippen molar-refractivity contribution in [2.45, 2.75) is 53.7 Å². The molecule has 0 aliphatic rings. The van der Waals surface area contributed by atoms with Crippen LogP contribution in [0.3, 0.4) is 0 Å². The van der Waals surface area contributed by atoms with Gasteiger partial charge in [-0.3, -0.25) is 4.48 Å². The first-order valence-corrected chi connectivity index (χ1v) is 11.5. The SMILES string of the molecule is CCOCC[N+](C)(C)C(Oc1cccc(CC(C)C)c1CC(C)C)c1ccccc1.[Cl-]. The second kappa shape index (κ2) is 13.1. The number of nitrogens with zero attached hydrogens (tertiary/aromatic N) is 1. The third kappa shape index (κ3) is 8.48. The summed E-state index contributed by atoms with van der Waals surface area (Å²) in [6.07, 6.45) is 2.02. The highest BCUT2D eigenvalue weighted by atomic mass is 35.5. The van der Waals surface area contributed by atoms with E-state index in [1.165, 1.54) is 16.7 Å². The van der Waals surface area contributed by atoms with Crippen LogP contribution in [0.25, 0.3) is 0 Å². The number of quaternary nitrogens is 1. The van der Waals surface area contributed by atoms with Gasteiger partial charge in [-0.15, -0.1) is 0 Å². The predicted octanol–water partition coefficient (Wildman–Crippen LogP) is 3.28. The van der Waals surface area contributed by atoms with Crippen molar-refractivity contribution >= 4 is 0 Å². The molecule has 0 N–H and O–H groups in total. The highest BCUT2D eigenvalue weighted by Crippen LogP contribution is 2.34. The van der Waals surface area contributed by atoms with Gasteiger partial charge in [0.25, 0.3) is 6.23 Å². The van der Waals surface area contributed by atoms with E-state index in [4.69, 9.17) is 9.47 Å². The Hall–Kier alpha value is -1.55. The number of hydrogen-bond donors (Lipinski definition) is 0. The Kier molecular flexibility index (Phi) is 11.6. The van der Waals surface area contributed by atoms with Gasteiger partial charge in [0.2, 0.25) is 0 Å². The normalized spacial score (nSPS) is 12.7. The first kappa shape index (κ1) is 27.5. The van der Waals surface area contributed by atoms with Gasteiger partial charge in [0, 0.05) is 6.61 Å². The number of ether oxygens (including phenoxy) is 2. The van der Waals surface area contributed by atoms with Gasteiger partial charge in [0.15, 0.2) is 0 Å². The predicted molar refractivity (Wildman–Crippen MR) is 127 cm³/mol. The Morgan fingerprint density at radius 1 is 0.839 bits per heavy atom. The molecule has 1 unspecified atom stereocenters. The van der Waals surface area contributed by atoms with E-state index >= 15 is 0 Å². The Labute approximate surface area is 196 Å². The molecule has 0 saturated heterocycles. The lowest BCUT2D eigenvalue weighted by Gasteiger charge is -2.38. The molecule has 0 aromatic heterocycles. The van der Waals surface area contributed by atoms with Gasteiger partial charge in [-0.2, -0.15) is 0 Å². The Balaban J connectivity index is 0.00000480. The highest BCUT2D eigenvalue weighted by Gasteiger charge is 2.32. The minimum absolute atomic E-state index is 0. The fraction of sp³-hybridized carbons (Fsp3) is 0.556. The number of likely N-dealkylation sites (N-methyl/N-ethyl adjacent to an activating group) is 1. The minimum atomic E-state index is -0.0909. The van der Waals surface area contributed by atoms with E-state index < -0.39 is 0 Å². The molecule has 31 heavy (non-hydrogen) atoms. The van der Waals surface area contributed by atoms with Crippen molar-refractivity contribution in [3.05, 3.63) is 65.2 Å². The molecule has 4 heteroatoms. The second-order valence-corrected chi connectivity index (χ2v) is 9.67. The second-order valence-electron chi connectivity index (χ2n) is 9.67. The van der Waals surface area contributed by atoms with Crippen LogP contribution in [0, 0.1) is 11.8 Å². The smallest absolute Gasteiger partial charge is 0.259 e. The zero-order chi connectivity index (χ0) is 22.1. The average Bonchev–Trinajstić information content (AvgIpc) is 2.68. The zero-order valence-electron chi connectivity index (χ0n) is 20.5. The fourth-order valence-electron chi connectivity index (χ4n) is 3.91. The lowest BCUT2D eigenvalue weighted by Crippen LogP contribution is -3.00. The standard InChI is InChI=1S/C27H42NO2.ClH/c1-8-29-18-17-28(6,7)27(23-13-10-9-11-14-23)30-26-16-12-15-24(19-21(2)3)25(26)20-22(4)5;/h9-16,21-22,27H,8,17-20H2,1-7H3;1H/q+1;/p-1. The molecule has 2 aromatic rings. The molecule has 0 aliphatic carbocycles. The molecule has 3 nitrogen and oxygen atoms in total. The van der Waals surface area contributed by atoms with E-state index in [9.17, 15) is 0 Å². The van der Waals surface area contributed by atoms with E-state index in [2.05, 4.69) is 90.3 Å². The van der Waals surface area contributed by atoms with E-state index in [0.29, 0.717) is 16.3 Å². The molecular weight excluding hydrogens is 406 g/mol. The van der Waals surface area contributed by atoms with Gasteiger partial charge in [-0.05, 0) is 60.9 Å². The molecule has 0 fully saturated rings. The topological polar surface area (TPSA) is 18.5 Å². The van der Waals surface area contributed by atoms with Crippen LogP contribution in [0.4, 0.5) is 0 Å².